The molecule has 92 valence electrons. The van der Waals surface area contributed by atoms with E-state index in [2.05, 4.69) is 10.6 Å². The molecular weight excluding hydrogens is 223 g/mol. The van der Waals surface area contributed by atoms with Crippen LogP contribution in [0.4, 0.5) is 10.1 Å². The van der Waals surface area contributed by atoms with Crippen LogP contribution in [0, 0.1) is 12.7 Å². The van der Waals surface area contributed by atoms with Gasteiger partial charge >= 0.3 is 0 Å². The minimum Gasteiger partial charge on any atom is -0.392 e. The van der Waals surface area contributed by atoms with Crippen LogP contribution in [-0.4, -0.2) is 29.7 Å². The molecule has 17 heavy (non-hydrogen) atoms. The summed E-state index contributed by atoms with van der Waals surface area (Å²) in [5, 5.41) is 14.9. The van der Waals surface area contributed by atoms with Crippen LogP contribution in [-0.2, 0) is 4.79 Å². The molecule has 0 radical (unpaired) electrons. The Labute approximate surface area is 98.8 Å². The number of anilines is 1. The number of nitrogens with one attached hydrogen (secondary N) is 2. The first-order valence-corrected chi connectivity index (χ1v) is 5.54. The number of carbonyl (C=O) groups is 1. The zero-order valence-electron chi connectivity index (χ0n) is 9.53. The molecule has 1 amide bonds. The molecular formula is C12H15FN2O2. The van der Waals surface area contributed by atoms with Gasteiger partial charge in [-0.05, 0) is 37.1 Å². The SMILES string of the molecule is Cc1cc(NC(=O)C2CC(O)CN2)ccc1F. The van der Waals surface area contributed by atoms with Crippen molar-refractivity contribution in [2.45, 2.75) is 25.5 Å². The Morgan fingerprint density at radius 3 is 2.94 bits per heavy atom. The van der Waals surface area contributed by atoms with Crippen molar-refractivity contribution in [2.24, 2.45) is 0 Å². The summed E-state index contributed by atoms with van der Waals surface area (Å²) in [6.45, 7) is 2.07. The highest BCUT2D eigenvalue weighted by molar-refractivity contribution is 5.95. The summed E-state index contributed by atoms with van der Waals surface area (Å²) in [7, 11) is 0. The lowest BCUT2D eigenvalue weighted by atomic mass is 10.1. The second kappa shape index (κ2) is 4.81. The van der Waals surface area contributed by atoms with Gasteiger partial charge < -0.3 is 15.7 Å². The Bertz CT molecular complexity index is 437. The third-order valence-electron chi connectivity index (χ3n) is 2.85. The van der Waals surface area contributed by atoms with Crippen molar-refractivity contribution in [1.82, 2.24) is 5.32 Å². The summed E-state index contributed by atoms with van der Waals surface area (Å²) < 4.78 is 13.0. The zero-order chi connectivity index (χ0) is 12.4. The Morgan fingerprint density at radius 2 is 2.35 bits per heavy atom. The van der Waals surface area contributed by atoms with Gasteiger partial charge in [-0.25, -0.2) is 4.39 Å². The first-order valence-electron chi connectivity index (χ1n) is 5.54. The van der Waals surface area contributed by atoms with Gasteiger partial charge in [-0.3, -0.25) is 4.79 Å². The van der Waals surface area contributed by atoms with Crippen molar-refractivity contribution in [3.05, 3.63) is 29.6 Å². The topological polar surface area (TPSA) is 61.4 Å². The first-order chi connectivity index (χ1) is 8.06. The molecule has 1 saturated heterocycles. The largest absolute Gasteiger partial charge is 0.392 e. The van der Waals surface area contributed by atoms with E-state index in [0.717, 1.165) is 0 Å². The van der Waals surface area contributed by atoms with Gasteiger partial charge in [-0.2, -0.15) is 0 Å². The lowest BCUT2D eigenvalue weighted by Crippen LogP contribution is -2.35. The molecule has 3 N–H and O–H groups in total. The molecule has 0 bridgehead atoms. The van der Waals surface area contributed by atoms with Gasteiger partial charge in [0.25, 0.3) is 0 Å². The van der Waals surface area contributed by atoms with Gasteiger partial charge in [-0.1, -0.05) is 0 Å². The van der Waals surface area contributed by atoms with E-state index < -0.39 is 6.10 Å². The lowest BCUT2D eigenvalue weighted by molar-refractivity contribution is -0.117. The van der Waals surface area contributed by atoms with Crippen molar-refractivity contribution >= 4 is 11.6 Å². The number of hydrogen-bond acceptors (Lipinski definition) is 3. The molecule has 4 nitrogen and oxygen atoms in total. The van der Waals surface area contributed by atoms with Gasteiger partial charge in [0.2, 0.25) is 5.91 Å². The molecule has 1 aromatic rings. The molecule has 1 heterocycles. The fourth-order valence-corrected chi connectivity index (χ4v) is 1.87. The summed E-state index contributed by atoms with van der Waals surface area (Å²) in [6, 6.07) is 4.04. The van der Waals surface area contributed by atoms with Gasteiger partial charge in [0.1, 0.15) is 5.82 Å². The smallest absolute Gasteiger partial charge is 0.241 e. The third-order valence-corrected chi connectivity index (χ3v) is 2.85. The molecule has 0 aromatic heterocycles. The number of aliphatic hydroxyl groups excluding tert-OH is 1. The third kappa shape index (κ3) is 2.81. The van der Waals surface area contributed by atoms with Gasteiger partial charge in [-0.15, -0.1) is 0 Å². The summed E-state index contributed by atoms with van der Waals surface area (Å²) in [6.07, 6.45) is -0.0628. The van der Waals surface area contributed by atoms with Crippen LogP contribution in [0.5, 0.6) is 0 Å². The molecule has 2 unspecified atom stereocenters. The van der Waals surface area contributed by atoms with Crippen molar-refractivity contribution in [2.75, 3.05) is 11.9 Å². The van der Waals surface area contributed by atoms with Crippen LogP contribution in [0.1, 0.15) is 12.0 Å². The number of aryl methyl sites for hydroxylation is 1. The highest BCUT2D eigenvalue weighted by atomic mass is 19.1. The molecule has 2 atom stereocenters. The van der Waals surface area contributed by atoms with Gasteiger partial charge in [0.15, 0.2) is 0 Å². The standard InChI is InChI=1S/C12H15FN2O2/c1-7-4-8(2-3-10(7)13)15-12(17)11-5-9(16)6-14-11/h2-4,9,11,14,16H,5-6H2,1H3,(H,15,17). The zero-order valence-corrected chi connectivity index (χ0v) is 9.53. The number of carbonyl (C=O) groups excluding carboxylic acids is 1. The van der Waals surface area contributed by atoms with E-state index in [1.807, 2.05) is 0 Å². The highest BCUT2D eigenvalue weighted by Crippen LogP contribution is 2.15. The van der Waals surface area contributed by atoms with E-state index in [1.165, 1.54) is 12.1 Å². The summed E-state index contributed by atoms with van der Waals surface area (Å²) in [4.78, 5) is 11.8. The van der Waals surface area contributed by atoms with E-state index in [0.29, 0.717) is 24.2 Å². The van der Waals surface area contributed by atoms with Crippen molar-refractivity contribution in [3.8, 4) is 0 Å². The average molecular weight is 238 g/mol. The van der Waals surface area contributed by atoms with E-state index in [-0.39, 0.29) is 17.8 Å². The number of amides is 1. The minimum absolute atomic E-state index is 0.201. The van der Waals surface area contributed by atoms with Crippen LogP contribution in [0.15, 0.2) is 18.2 Å². The second-order valence-corrected chi connectivity index (χ2v) is 4.30. The molecule has 1 aliphatic rings. The van der Waals surface area contributed by atoms with Crippen LogP contribution in [0.3, 0.4) is 0 Å². The Kier molecular flexibility index (Phi) is 3.40. The van der Waals surface area contributed by atoms with Crippen LogP contribution >= 0.6 is 0 Å². The average Bonchev–Trinajstić information content (AvgIpc) is 2.70. The molecule has 2 rings (SSSR count). The van der Waals surface area contributed by atoms with Crippen LogP contribution < -0.4 is 10.6 Å². The fraction of sp³-hybridized carbons (Fsp3) is 0.417. The Balaban J connectivity index is 2.00. The number of aliphatic hydroxyl groups is 1. The highest BCUT2D eigenvalue weighted by Gasteiger charge is 2.27. The summed E-state index contributed by atoms with van der Waals surface area (Å²) in [5.74, 6) is -0.495. The maximum absolute atomic E-state index is 13.0. The molecule has 0 saturated carbocycles. The summed E-state index contributed by atoms with van der Waals surface area (Å²) >= 11 is 0. The fourth-order valence-electron chi connectivity index (χ4n) is 1.87. The normalized spacial score (nSPS) is 23.7. The van der Waals surface area contributed by atoms with E-state index in [1.54, 1.807) is 13.0 Å². The van der Waals surface area contributed by atoms with Crippen molar-refractivity contribution in [3.63, 3.8) is 0 Å². The quantitative estimate of drug-likeness (QED) is 0.714. The second-order valence-electron chi connectivity index (χ2n) is 4.30. The number of hydrogen-bond donors (Lipinski definition) is 3. The van der Waals surface area contributed by atoms with Gasteiger partial charge in [0, 0.05) is 12.2 Å². The predicted molar refractivity (Wildman–Crippen MR) is 62.2 cm³/mol. The Morgan fingerprint density at radius 1 is 1.59 bits per heavy atom. The van der Waals surface area contributed by atoms with Crippen LogP contribution in [0.25, 0.3) is 0 Å². The lowest BCUT2D eigenvalue weighted by Gasteiger charge is -2.11. The molecule has 0 spiro atoms. The molecule has 5 heteroatoms. The molecule has 0 aliphatic carbocycles. The first kappa shape index (κ1) is 12.0. The van der Waals surface area contributed by atoms with E-state index in [9.17, 15) is 14.3 Å². The summed E-state index contributed by atoms with van der Waals surface area (Å²) in [5.41, 5.74) is 1.05. The molecule has 1 aromatic carbocycles. The van der Waals surface area contributed by atoms with E-state index >= 15 is 0 Å². The monoisotopic (exact) mass is 238 g/mol. The maximum Gasteiger partial charge on any atom is 0.241 e. The Hall–Kier alpha value is -1.46. The number of benzene rings is 1. The predicted octanol–water partition coefficient (Wildman–Crippen LogP) is 0.795. The molecule has 1 aliphatic heterocycles. The number of β-amino-alcohol motifs (C(OH)–C–C–N with tert-alkyl or cyclic N) is 1. The van der Waals surface area contributed by atoms with Crippen molar-refractivity contribution < 1.29 is 14.3 Å². The number of rotatable bonds is 2. The van der Waals surface area contributed by atoms with Crippen LogP contribution in [0.2, 0.25) is 0 Å². The van der Waals surface area contributed by atoms with E-state index in [4.69, 9.17) is 0 Å². The van der Waals surface area contributed by atoms with Gasteiger partial charge in [0.05, 0.1) is 12.1 Å². The van der Waals surface area contributed by atoms with Crippen molar-refractivity contribution in [1.29, 1.82) is 0 Å². The molecule has 1 fully saturated rings. The minimum atomic E-state index is -0.472. The number of halogens is 1. The maximum atomic E-state index is 13.0.